The van der Waals surface area contributed by atoms with E-state index in [-0.39, 0.29) is 0 Å². The largest absolute Gasteiger partial charge is 0.399 e. The molecule has 0 amide bonds. The highest BCUT2D eigenvalue weighted by Gasteiger charge is 2.14. The van der Waals surface area contributed by atoms with E-state index in [1.807, 2.05) is 23.5 Å². The topological polar surface area (TPSA) is 38.9 Å². The van der Waals surface area contributed by atoms with Crippen molar-refractivity contribution < 1.29 is 0 Å². The lowest BCUT2D eigenvalue weighted by atomic mass is 10.0. The van der Waals surface area contributed by atoms with Crippen molar-refractivity contribution in [1.29, 1.82) is 0 Å². The molecule has 0 spiro atoms. The van der Waals surface area contributed by atoms with E-state index in [1.165, 1.54) is 46.8 Å². The van der Waals surface area contributed by atoms with Crippen molar-refractivity contribution in [3.63, 3.8) is 0 Å². The van der Waals surface area contributed by atoms with Crippen LogP contribution in [-0.4, -0.2) is 4.98 Å². The highest BCUT2D eigenvalue weighted by atomic mass is 32.1. The van der Waals surface area contributed by atoms with Gasteiger partial charge in [0.2, 0.25) is 0 Å². The molecule has 0 unspecified atom stereocenters. The summed E-state index contributed by atoms with van der Waals surface area (Å²) in [6.07, 6.45) is 7.21. The Labute approximate surface area is 112 Å². The first-order valence-electron chi connectivity index (χ1n) is 6.63. The number of aryl methyl sites for hydroxylation is 4. The van der Waals surface area contributed by atoms with Gasteiger partial charge in [0, 0.05) is 17.0 Å². The van der Waals surface area contributed by atoms with E-state index in [0.717, 1.165) is 18.5 Å². The van der Waals surface area contributed by atoms with Crippen LogP contribution in [0.15, 0.2) is 24.3 Å². The van der Waals surface area contributed by atoms with Crippen LogP contribution >= 0.6 is 11.3 Å². The van der Waals surface area contributed by atoms with E-state index < -0.39 is 0 Å². The minimum Gasteiger partial charge on any atom is -0.399 e. The van der Waals surface area contributed by atoms with Crippen molar-refractivity contribution in [2.45, 2.75) is 38.5 Å². The maximum absolute atomic E-state index is 5.69. The molecule has 2 aromatic rings. The van der Waals surface area contributed by atoms with Gasteiger partial charge in [-0.25, -0.2) is 4.98 Å². The predicted molar refractivity (Wildman–Crippen MR) is 77.0 cm³/mol. The molecule has 1 heterocycles. The second kappa shape index (κ2) is 5.11. The van der Waals surface area contributed by atoms with Gasteiger partial charge in [0.15, 0.2) is 0 Å². The van der Waals surface area contributed by atoms with Gasteiger partial charge in [0.1, 0.15) is 0 Å². The third kappa shape index (κ3) is 2.56. The fraction of sp³-hybridized carbons (Fsp3) is 0.400. The van der Waals surface area contributed by atoms with Gasteiger partial charge in [-0.05, 0) is 49.8 Å². The summed E-state index contributed by atoms with van der Waals surface area (Å²) in [6, 6.07) is 8.18. The zero-order valence-corrected chi connectivity index (χ0v) is 11.3. The lowest BCUT2D eigenvalue weighted by molar-refractivity contribution is 0.680. The highest BCUT2D eigenvalue weighted by Crippen LogP contribution is 2.27. The number of nitrogen functional groups attached to an aromatic ring is 1. The Kier molecular flexibility index (Phi) is 3.33. The smallest absolute Gasteiger partial charge is 0.0934 e. The van der Waals surface area contributed by atoms with Crippen LogP contribution in [-0.2, 0) is 25.7 Å². The third-order valence-electron chi connectivity index (χ3n) is 3.50. The predicted octanol–water partition coefficient (Wildman–Crippen LogP) is 3.39. The lowest BCUT2D eigenvalue weighted by Crippen LogP contribution is -1.99. The van der Waals surface area contributed by atoms with Crippen LogP contribution in [0.25, 0.3) is 0 Å². The summed E-state index contributed by atoms with van der Waals surface area (Å²) in [4.78, 5) is 6.31. The van der Waals surface area contributed by atoms with Crippen molar-refractivity contribution in [1.82, 2.24) is 4.98 Å². The van der Waals surface area contributed by atoms with Crippen LogP contribution in [0.5, 0.6) is 0 Å². The van der Waals surface area contributed by atoms with E-state index in [9.17, 15) is 0 Å². The van der Waals surface area contributed by atoms with Gasteiger partial charge < -0.3 is 5.73 Å². The molecule has 18 heavy (non-hydrogen) atoms. The summed E-state index contributed by atoms with van der Waals surface area (Å²) in [5.74, 6) is 0. The molecule has 3 heteroatoms. The molecule has 0 fully saturated rings. The molecule has 3 rings (SSSR count). The van der Waals surface area contributed by atoms with Crippen molar-refractivity contribution in [2.24, 2.45) is 0 Å². The average molecular weight is 258 g/mol. The molecule has 0 saturated heterocycles. The molecule has 2 N–H and O–H groups in total. The lowest BCUT2D eigenvalue weighted by Gasteiger charge is -2.06. The molecule has 1 aromatic heterocycles. The summed E-state index contributed by atoms with van der Waals surface area (Å²) < 4.78 is 0. The van der Waals surface area contributed by atoms with Crippen LogP contribution in [0.4, 0.5) is 5.69 Å². The summed E-state index contributed by atoms with van der Waals surface area (Å²) in [5, 5.41) is 1.30. The van der Waals surface area contributed by atoms with Gasteiger partial charge >= 0.3 is 0 Å². The van der Waals surface area contributed by atoms with Crippen molar-refractivity contribution in [3.8, 4) is 0 Å². The maximum Gasteiger partial charge on any atom is 0.0934 e. The van der Waals surface area contributed by atoms with Gasteiger partial charge in [-0.3, -0.25) is 0 Å². The number of hydrogen-bond acceptors (Lipinski definition) is 3. The van der Waals surface area contributed by atoms with Crippen LogP contribution in [0.2, 0.25) is 0 Å². The monoisotopic (exact) mass is 258 g/mol. The standard InChI is InChI=1S/C15H18N2S/c16-12-8-5-11(6-9-12)7-10-15-17-13-3-1-2-4-14(13)18-15/h5-6,8-9H,1-4,7,10,16H2. The average Bonchev–Trinajstić information content (AvgIpc) is 2.81. The molecule has 1 aliphatic rings. The summed E-state index contributed by atoms with van der Waals surface area (Å²) in [7, 11) is 0. The SMILES string of the molecule is Nc1ccc(CCc2nc3c(s2)CCCC3)cc1. The number of nitrogens with zero attached hydrogens (tertiary/aromatic N) is 1. The molecule has 94 valence electrons. The Balaban J connectivity index is 1.66. The van der Waals surface area contributed by atoms with Crippen LogP contribution in [0, 0.1) is 0 Å². The fourth-order valence-electron chi connectivity index (χ4n) is 2.45. The fourth-order valence-corrected chi connectivity index (χ4v) is 3.60. The van der Waals surface area contributed by atoms with Gasteiger partial charge in [0.25, 0.3) is 0 Å². The Bertz CT molecular complexity index is 504. The Morgan fingerprint density at radius 3 is 2.61 bits per heavy atom. The van der Waals surface area contributed by atoms with E-state index in [2.05, 4.69) is 12.1 Å². The van der Waals surface area contributed by atoms with Crippen molar-refractivity contribution in [3.05, 3.63) is 45.4 Å². The van der Waals surface area contributed by atoms with Gasteiger partial charge in [-0.2, -0.15) is 0 Å². The Morgan fingerprint density at radius 2 is 1.83 bits per heavy atom. The van der Waals surface area contributed by atoms with E-state index in [0.29, 0.717) is 0 Å². The first kappa shape index (κ1) is 11.7. The molecule has 1 aliphatic carbocycles. The number of anilines is 1. The molecule has 0 bridgehead atoms. The normalized spacial score (nSPS) is 14.4. The van der Waals surface area contributed by atoms with E-state index in [1.54, 1.807) is 0 Å². The summed E-state index contributed by atoms with van der Waals surface area (Å²) in [6.45, 7) is 0. The van der Waals surface area contributed by atoms with Gasteiger partial charge in [-0.15, -0.1) is 11.3 Å². The second-order valence-electron chi connectivity index (χ2n) is 4.93. The number of fused-ring (bicyclic) bond motifs is 1. The number of rotatable bonds is 3. The summed E-state index contributed by atoms with van der Waals surface area (Å²) >= 11 is 1.92. The minimum atomic E-state index is 0.837. The third-order valence-corrected chi connectivity index (χ3v) is 4.71. The van der Waals surface area contributed by atoms with Crippen molar-refractivity contribution >= 4 is 17.0 Å². The number of nitrogens with two attached hydrogens (primary N) is 1. The van der Waals surface area contributed by atoms with Gasteiger partial charge in [-0.1, -0.05) is 12.1 Å². The highest BCUT2D eigenvalue weighted by molar-refractivity contribution is 7.11. The summed E-state index contributed by atoms with van der Waals surface area (Å²) in [5.41, 5.74) is 9.24. The van der Waals surface area contributed by atoms with Crippen LogP contribution in [0.3, 0.4) is 0 Å². The Hall–Kier alpha value is -1.35. The Morgan fingerprint density at radius 1 is 1.06 bits per heavy atom. The number of hydrogen-bond donors (Lipinski definition) is 1. The molecule has 0 saturated carbocycles. The number of benzene rings is 1. The van der Waals surface area contributed by atoms with Gasteiger partial charge in [0.05, 0.1) is 10.7 Å². The molecular formula is C15H18N2S. The van der Waals surface area contributed by atoms with E-state index in [4.69, 9.17) is 10.7 Å². The molecule has 2 nitrogen and oxygen atoms in total. The maximum atomic E-state index is 5.69. The molecule has 0 aliphatic heterocycles. The zero-order chi connectivity index (χ0) is 12.4. The molecule has 1 aromatic carbocycles. The van der Waals surface area contributed by atoms with Crippen molar-refractivity contribution in [2.75, 3.05) is 5.73 Å². The second-order valence-corrected chi connectivity index (χ2v) is 6.09. The van der Waals surface area contributed by atoms with Crippen LogP contribution in [0.1, 0.15) is 34.0 Å². The first-order valence-corrected chi connectivity index (χ1v) is 7.45. The quantitative estimate of drug-likeness (QED) is 0.857. The van der Waals surface area contributed by atoms with E-state index >= 15 is 0 Å². The number of aromatic nitrogens is 1. The minimum absolute atomic E-state index is 0.837. The molecule has 0 radical (unpaired) electrons. The number of thiazole rings is 1. The molecular weight excluding hydrogens is 240 g/mol. The molecule has 0 atom stereocenters. The first-order chi connectivity index (χ1) is 8.81. The van der Waals surface area contributed by atoms with Crippen LogP contribution < -0.4 is 5.73 Å². The zero-order valence-electron chi connectivity index (χ0n) is 10.5.